The van der Waals surface area contributed by atoms with Crippen molar-refractivity contribution >= 4 is 16.9 Å². The van der Waals surface area contributed by atoms with E-state index in [1.807, 2.05) is 10.8 Å². The van der Waals surface area contributed by atoms with E-state index in [1.165, 1.54) is 11.0 Å². The number of aliphatic hydroxyl groups excluding tert-OH is 1. The molecule has 6 bridgehead atoms. The van der Waals surface area contributed by atoms with Crippen LogP contribution in [0.1, 0.15) is 63.5 Å². The highest BCUT2D eigenvalue weighted by atomic mass is 16.3. The molecular weight excluding hydrogens is 665 g/mol. The van der Waals surface area contributed by atoms with E-state index < -0.39 is 34.4 Å². The number of hydrogen-bond donors (Lipinski definition) is 7. The third kappa shape index (κ3) is 4.79. The molecule has 10 heteroatoms. The number of benzene rings is 1. The molecule has 0 saturated heterocycles. The standard InChI is InChI=1S/C43H52N6O4/c1-45-38(44)48-29-9-8-27-20-39(13-14-40(51,23-39)24-49-16-15-46-25-49)21-28(18-30-17-26-5-2-3-7-35(26)47-30)43(27)32-6-4-12-41(52)31(32)10-11-33(43)37-34(41)19-36(50)42(37,53)22-29/h2-7,15-17,21,25,27,29,31-34,36-37,47,50-53H,10-14,18-20,22-24H2,1H3,(H3,44,45,48). The highest BCUT2D eigenvalue weighted by molar-refractivity contribution is 5.80. The number of nitrogens with zero attached hydrogens (tertiary/aromatic N) is 3. The minimum Gasteiger partial charge on any atom is -0.390 e. The molecule has 53 heavy (non-hydrogen) atoms. The number of aliphatic hydroxyl groups is 4. The number of H-pyrrole nitrogens is 1. The number of rotatable bonds is 5. The van der Waals surface area contributed by atoms with Crippen LogP contribution in [0, 0.1) is 58.2 Å². The van der Waals surface area contributed by atoms with Gasteiger partial charge in [0, 0.05) is 54.8 Å². The van der Waals surface area contributed by atoms with E-state index in [9.17, 15) is 20.4 Å². The lowest BCUT2D eigenvalue weighted by molar-refractivity contribution is -0.133. The summed E-state index contributed by atoms with van der Waals surface area (Å²) in [5.41, 5.74) is 5.57. The van der Waals surface area contributed by atoms with Gasteiger partial charge in [-0.2, -0.15) is 0 Å². The van der Waals surface area contributed by atoms with Gasteiger partial charge in [0.15, 0.2) is 5.96 Å². The van der Waals surface area contributed by atoms with Crippen LogP contribution < -0.4 is 11.1 Å². The highest BCUT2D eigenvalue weighted by Crippen LogP contribution is 2.75. The van der Waals surface area contributed by atoms with Crippen molar-refractivity contribution in [2.24, 2.45) is 57.1 Å². The molecule has 10 nitrogen and oxygen atoms in total. The van der Waals surface area contributed by atoms with Crippen LogP contribution in [0.15, 0.2) is 77.8 Å². The Labute approximate surface area is 310 Å². The van der Waals surface area contributed by atoms with Crippen molar-refractivity contribution in [3.05, 3.63) is 78.5 Å². The normalized spacial score (nSPS) is 45.2. The second kappa shape index (κ2) is 11.6. The summed E-state index contributed by atoms with van der Waals surface area (Å²) in [5, 5.41) is 54.8. The van der Waals surface area contributed by atoms with Gasteiger partial charge in [-0.05, 0) is 104 Å². The zero-order valence-electron chi connectivity index (χ0n) is 30.5. The van der Waals surface area contributed by atoms with E-state index in [0.717, 1.165) is 36.9 Å². The number of allylic oxidation sites excluding steroid dienone is 3. The summed E-state index contributed by atoms with van der Waals surface area (Å²) in [4.78, 5) is 12.2. The second-order valence-corrected chi connectivity index (χ2v) is 18.0. The molecule has 7 aliphatic rings. The van der Waals surface area contributed by atoms with E-state index in [0.29, 0.717) is 38.6 Å². The molecular formula is C43H52N6O4. The van der Waals surface area contributed by atoms with Crippen LogP contribution in [0.3, 0.4) is 0 Å². The average molecular weight is 717 g/mol. The van der Waals surface area contributed by atoms with Crippen LogP contribution in [-0.2, 0) is 13.0 Å². The fraction of sp³-hybridized carbons (Fsp3) is 0.581. The summed E-state index contributed by atoms with van der Waals surface area (Å²) in [5.74, 6) is 6.96. The Hall–Kier alpha value is -3.88. The summed E-state index contributed by atoms with van der Waals surface area (Å²) in [6.07, 6.45) is 18.0. The number of fused-ring (bicyclic) bond motifs is 2. The summed E-state index contributed by atoms with van der Waals surface area (Å²) >= 11 is 0. The van der Waals surface area contributed by atoms with E-state index in [-0.39, 0.29) is 53.3 Å². The quantitative estimate of drug-likeness (QED) is 0.0913. The Morgan fingerprint density at radius 2 is 1.94 bits per heavy atom. The molecule has 278 valence electrons. The monoisotopic (exact) mass is 716 g/mol. The number of aromatic nitrogens is 3. The molecule has 13 unspecified atom stereocenters. The molecule has 2 heterocycles. The molecule has 4 fully saturated rings. The number of nitrogens with two attached hydrogens (primary N) is 1. The average Bonchev–Trinajstić information content (AvgIpc) is 3.90. The van der Waals surface area contributed by atoms with Gasteiger partial charge in [0.25, 0.3) is 0 Å². The van der Waals surface area contributed by atoms with Gasteiger partial charge in [-0.3, -0.25) is 4.99 Å². The SMILES string of the molecule is CN=C(N)NC1C#CC2CC3(C=C(Cc4cc5ccccc5[nH]4)C24C2C=CCC5(O)C6CC(O)C(O)(C1)C6C4CCC25)CCC(O)(Cn1ccnc1)C3. The molecule has 8 N–H and O–H groups in total. The minimum absolute atomic E-state index is 0.0114. The van der Waals surface area contributed by atoms with Crippen LogP contribution in [0.4, 0.5) is 0 Å². The van der Waals surface area contributed by atoms with E-state index in [4.69, 9.17) is 5.73 Å². The van der Waals surface area contributed by atoms with Crippen molar-refractivity contribution in [2.75, 3.05) is 7.05 Å². The van der Waals surface area contributed by atoms with Gasteiger partial charge in [-0.1, -0.05) is 53.8 Å². The Morgan fingerprint density at radius 1 is 1.09 bits per heavy atom. The highest BCUT2D eigenvalue weighted by Gasteiger charge is 2.75. The summed E-state index contributed by atoms with van der Waals surface area (Å²) < 4.78 is 1.98. The van der Waals surface area contributed by atoms with E-state index in [1.54, 1.807) is 19.6 Å². The predicted molar refractivity (Wildman–Crippen MR) is 202 cm³/mol. The molecule has 0 aliphatic heterocycles. The number of imidazole rings is 1. The number of aliphatic imine (C=N–C) groups is 1. The van der Waals surface area contributed by atoms with Crippen LogP contribution >= 0.6 is 0 Å². The number of hydrogen-bond acceptors (Lipinski definition) is 6. The summed E-state index contributed by atoms with van der Waals surface area (Å²) in [7, 11) is 1.63. The van der Waals surface area contributed by atoms with Gasteiger partial charge in [0.05, 0.1) is 41.8 Å². The van der Waals surface area contributed by atoms with Crippen molar-refractivity contribution in [3.8, 4) is 11.8 Å². The molecule has 1 aromatic carbocycles. The maximum atomic E-state index is 13.1. The lowest BCUT2D eigenvalue weighted by Crippen LogP contribution is -2.59. The first-order valence-electron chi connectivity index (χ1n) is 19.7. The van der Waals surface area contributed by atoms with Gasteiger partial charge in [0.1, 0.15) is 0 Å². The van der Waals surface area contributed by atoms with Crippen molar-refractivity contribution in [3.63, 3.8) is 0 Å². The fourth-order valence-electron chi connectivity index (χ4n) is 13.7. The lowest BCUT2D eigenvalue weighted by Gasteiger charge is -2.61. The van der Waals surface area contributed by atoms with Gasteiger partial charge in [-0.25, -0.2) is 4.98 Å². The largest absolute Gasteiger partial charge is 0.390 e. The number of guanidine groups is 1. The van der Waals surface area contributed by atoms with Gasteiger partial charge in [-0.15, -0.1) is 0 Å². The maximum Gasteiger partial charge on any atom is 0.189 e. The number of nitrogens with one attached hydrogen (secondary N) is 2. The number of aromatic amines is 1. The molecule has 2 spiro atoms. The fourth-order valence-corrected chi connectivity index (χ4v) is 13.7. The van der Waals surface area contributed by atoms with Crippen molar-refractivity contribution in [1.82, 2.24) is 19.9 Å². The molecule has 7 aliphatic carbocycles. The zero-order valence-corrected chi connectivity index (χ0v) is 30.5. The van der Waals surface area contributed by atoms with Gasteiger partial charge >= 0.3 is 0 Å². The molecule has 3 aromatic rings. The third-order valence-corrected chi connectivity index (χ3v) is 15.5. The van der Waals surface area contributed by atoms with E-state index in [2.05, 4.69) is 80.7 Å². The van der Waals surface area contributed by atoms with Crippen molar-refractivity contribution < 1.29 is 20.4 Å². The predicted octanol–water partition coefficient (Wildman–Crippen LogP) is 3.83. The Kier molecular flexibility index (Phi) is 7.35. The van der Waals surface area contributed by atoms with Crippen LogP contribution in [0.2, 0.25) is 0 Å². The topological polar surface area (TPSA) is 165 Å². The first kappa shape index (κ1) is 33.7. The van der Waals surface area contributed by atoms with Crippen LogP contribution in [0.25, 0.3) is 10.9 Å². The number of para-hydroxylation sites is 1. The van der Waals surface area contributed by atoms with Gasteiger partial charge in [0.2, 0.25) is 0 Å². The smallest absolute Gasteiger partial charge is 0.189 e. The third-order valence-electron chi connectivity index (χ3n) is 15.5. The maximum absolute atomic E-state index is 13.1. The Balaban J connectivity index is 1.21. The molecule has 2 aromatic heterocycles. The molecule has 10 rings (SSSR count). The molecule has 0 radical (unpaired) electrons. The Morgan fingerprint density at radius 3 is 2.75 bits per heavy atom. The van der Waals surface area contributed by atoms with E-state index >= 15 is 0 Å². The van der Waals surface area contributed by atoms with Crippen LogP contribution in [-0.4, -0.2) is 76.9 Å². The summed E-state index contributed by atoms with van der Waals surface area (Å²) in [6.45, 7) is 0.487. The molecule has 4 saturated carbocycles. The molecule has 0 amide bonds. The Bertz CT molecular complexity index is 2060. The minimum atomic E-state index is -1.49. The van der Waals surface area contributed by atoms with Crippen molar-refractivity contribution in [1.29, 1.82) is 0 Å². The second-order valence-electron chi connectivity index (χ2n) is 18.0. The first-order valence-corrected chi connectivity index (χ1v) is 19.7. The van der Waals surface area contributed by atoms with Gasteiger partial charge < -0.3 is 41.0 Å². The zero-order chi connectivity index (χ0) is 36.4. The lowest BCUT2D eigenvalue weighted by atomic mass is 9.42. The first-order chi connectivity index (χ1) is 25.5. The van der Waals surface area contributed by atoms with Crippen molar-refractivity contribution in [2.45, 2.75) is 99.7 Å². The summed E-state index contributed by atoms with van der Waals surface area (Å²) in [6, 6.07) is 10.1. The molecule has 13 atom stereocenters. The van der Waals surface area contributed by atoms with Crippen LogP contribution in [0.5, 0.6) is 0 Å².